The van der Waals surface area contributed by atoms with Gasteiger partial charge in [-0.05, 0) is 35.4 Å². The summed E-state index contributed by atoms with van der Waals surface area (Å²) in [5, 5.41) is 0. The molecule has 15 heavy (non-hydrogen) atoms. The Morgan fingerprint density at radius 3 is 2.27 bits per heavy atom. The number of rotatable bonds is 2. The molecule has 0 radical (unpaired) electrons. The van der Waals surface area contributed by atoms with Crippen LogP contribution in [-0.4, -0.2) is 24.1 Å². The molecule has 0 aromatic carbocycles. The number of anilines is 1. The summed E-state index contributed by atoms with van der Waals surface area (Å²) in [5.41, 5.74) is 2.33. The van der Waals surface area contributed by atoms with Crippen molar-refractivity contribution < 1.29 is 0 Å². The summed E-state index contributed by atoms with van der Waals surface area (Å²) in [6.45, 7) is 0. The molecule has 0 fully saturated rings. The van der Waals surface area contributed by atoms with Crippen LogP contribution in [0.2, 0.25) is 0 Å². The zero-order chi connectivity index (χ0) is 10.7. The Balaban J connectivity index is 2.42. The number of nitrogens with zero attached hydrogens (tertiary/aromatic N) is 3. The molecule has 2 aromatic rings. The van der Waals surface area contributed by atoms with E-state index < -0.39 is 0 Å². The minimum absolute atomic E-state index is 0.962. The van der Waals surface area contributed by atoms with Crippen LogP contribution in [0.15, 0.2) is 42.9 Å². The first-order valence-electron chi connectivity index (χ1n) is 4.81. The van der Waals surface area contributed by atoms with Crippen LogP contribution < -0.4 is 4.90 Å². The summed E-state index contributed by atoms with van der Waals surface area (Å²) in [6.07, 6.45) is 5.42. The van der Waals surface area contributed by atoms with Crippen molar-refractivity contribution >= 4 is 5.82 Å². The highest BCUT2D eigenvalue weighted by molar-refractivity contribution is 5.65. The average Bonchev–Trinajstić information content (AvgIpc) is 2.30. The molecule has 0 bridgehead atoms. The summed E-state index contributed by atoms with van der Waals surface area (Å²) in [7, 11) is 3.97. The molecular formula is C12H13N3. The minimum Gasteiger partial charge on any atom is -0.363 e. The third kappa shape index (κ3) is 2.13. The lowest BCUT2D eigenvalue weighted by molar-refractivity contribution is 1.07. The smallest absolute Gasteiger partial charge is 0.128 e. The van der Waals surface area contributed by atoms with Crippen LogP contribution in [0.5, 0.6) is 0 Å². The molecular weight excluding hydrogens is 186 g/mol. The first-order chi connectivity index (χ1) is 7.27. The van der Waals surface area contributed by atoms with E-state index in [2.05, 4.69) is 16.0 Å². The first kappa shape index (κ1) is 9.65. The topological polar surface area (TPSA) is 29.0 Å². The Morgan fingerprint density at radius 1 is 0.933 bits per heavy atom. The molecule has 0 aliphatic heterocycles. The van der Waals surface area contributed by atoms with Gasteiger partial charge in [-0.3, -0.25) is 4.98 Å². The van der Waals surface area contributed by atoms with Gasteiger partial charge in [0.2, 0.25) is 0 Å². The van der Waals surface area contributed by atoms with Crippen LogP contribution in [0.3, 0.4) is 0 Å². The van der Waals surface area contributed by atoms with Gasteiger partial charge in [0.1, 0.15) is 5.82 Å². The summed E-state index contributed by atoms with van der Waals surface area (Å²) in [4.78, 5) is 10.3. The Morgan fingerprint density at radius 2 is 1.60 bits per heavy atom. The zero-order valence-electron chi connectivity index (χ0n) is 8.88. The van der Waals surface area contributed by atoms with Crippen molar-refractivity contribution in [3.05, 3.63) is 42.9 Å². The van der Waals surface area contributed by atoms with Crippen LogP contribution in [0.4, 0.5) is 5.82 Å². The maximum Gasteiger partial charge on any atom is 0.128 e. The van der Waals surface area contributed by atoms with Crippen LogP contribution in [0.1, 0.15) is 0 Å². The van der Waals surface area contributed by atoms with E-state index in [0.29, 0.717) is 0 Å². The van der Waals surface area contributed by atoms with Crippen molar-refractivity contribution in [2.24, 2.45) is 0 Å². The SMILES string of the molecule is CN(C)c1cc(-c2ccncc2)ccn1. The Kier molecular flexibility index (Phi) is 2.63. The van der Waals surface area contributed by atoms with Gasteiger partial charge in [-0.2, -0.15) is 0 Å². The maximum absolute atomic E-state index is 4.27. The summed E-state index contributed by atoms with van der Waals surface area (Å²) in [6, 6.07) is 8.06. The fourth-order valence-corrected chi connectivity index (χ4v) is 1.39. The number of pyridine rings is 2. The van der Waals surface area contributed by atoms with Gasteiger partial charge < -0.3 is 4.90 Å². The lowest BCUT2D eigenvalue weighted by Crippen LogP contribution is -2.10. The van der Waals surface area contributed by atoms with Crippen molar-refractivity contribution in [1.82, 2.24) is 9.97 Å². The third-order valence-corrected chi connectivity index (χ3v) is 2.22. The van der Waals surface area contributed by atoms with E-state index in [0.717, 1.165) is 16.9 Å². The van der Waals surface area contributed by atoms with Gasteiger partial charge in [0.15, 0.2) is 0 Å². The van der Waals surface area contributed by atoms with Gasteiger partial charge in [-0.15, -0.1) is 0 Å². The zero-order valence-corrected chi connectivity index (χ0v) is 8.88. The van der Waals surface area contributed by atoms with Crippen LogP contribution >= 0.6 is 0 Å². The maximum atomic E-state index is 4.27. The lowest BCUT2D eigenvalue weighted by Gasteiger charge is -2.11. The second-order valence-corrected chi connectivity index (χ2v) is 3.53. The molecule has 0 N–H and O–H groups in total. The lowest BCUT2D eigenvalue weighted by atomic mass is 10.1. The highest BCUT2D eigenvalue weighted by atomic mass is 15.1. The van der Waals surface area contributed by atoms with Crippen molar-refractivity contribution in [3.8, 4) is 11.1 Å². The number of hydrogen-bond acceptors (Lipinski definition) is 3. The predicted molar refractivity (Wildman–Crippen MR) is 61.8 cm³/mol. The minimum atomic E-state index is 0.962. The van der Waals surface area contributed by atoms with Gasteiger partial charge >= 0.3 is 0 Å². The van der Waals surface area contributed by atoms with E-state index in [4.69, 9.17) is 0 Å². The summed E-state index contributed by atoms with van der Waals surface area (Å²) >= 11 is 0. The van der Waals surface area contributed by atoms with Crippen LogP contribution in [-0.2, 0) is 0 Å². The van der Waals surface area contributed by atoms with Gasteiger partial charge in [0, 0.05) is 32.7 Å². The van der Waals surface area contributed by atoms with Crippen LogP contribution in [0.25, 0.3) is 11.1 Å². The largest absolute Gasteiger partial charge is 0.363 e. The van der Waals surface area contributed by atoms with Crippen molar-refractivity contribution in [3.63, 3.8) is 0 Å². The van der Waals surface area contributed by atoms with Crippen molar-refractivity contribution in [2.45, 2.75) is 0 Å². The second kappa shape index (κ2) is 4.09. The molecule has 76 valence electrons. The molecule has 2 heterocycles. The Labute approximate surface area is 89.4 Å². The molecule has 0 amide bonds. The molecule has 2 aromatic heterocycles. The fourth-order valence-electron chi connectivity index (χ4n) is 1.39. The van der Waals surface area contributed by atoms with Gasteiger partial charge in [-0.1, -0.05) is 0 Å². The van der Waals surface area contributed by atoms with Crippen molar-refractivity contribution in [2.75, 3.05) is 19.0 Å². The molecule has 2 rings (SSSR count). The normalized spacial score (nSPS) is 10.0. The van der Waals surface area contributed by atoms with Crippen molar-refractivity contribution in [1.29, 1.82) is 0 Å². The highest BCUT2D eigenvalue weighted by Gasteiger charge is 2.00. The number of hydrogen-bond donors (Lipinski definition) is 0. The summed E-state index contributed by atoms with van der Waals surface area (Å²) < 4.78 is 0. The highest BCUT2D eigenvalue weighted by Crippen LogP contribution is 2.20. The molecule has 0 aliphatic carbocycles. The summed E-state index contributed by atoms with van der Waals surface area (Å²) in [5.74, 6) is 0.962. The molecule has 0 saturated carbocycles. The van der Waals surface area contributed by atoms with Gasteiger partial charge in [0.25, 0.3) is 0 Å². The van der Waals surface area contributed by atoms with Gasteiger partial charge in [0.05, 0.1) is 0 Å². The average molecular weight is 199 g/mol. The fraction of sp³-hybridized carbons (Fsp3) is 0.167. The molecule has 0 aliphatic rings. The van der Waals surface area contributed by atoms with E-state index >= 15 is 0 Å². The molecule has 0 spiro atoms. The van der Waals surface area contributed by atoms with Gasteiger partial charge in [-0.25, -0.2) is 4.98 Å². The number of aromatic nitrogens is 2. The molecule has 0 atom stereocenters. The van der Waals surface area contributed by atoms with E-state index in [1.54, 1.807) is 12.4 Å². The molecule has 0 unspecified atom stereocenters. The molecule has 3 heteroatoms. The van der Waals surface area contributed by atoms with E-state index in [1.165, 1.54) is 0 Å². The predicted octanol–water partition coefficient (Wildman–Crippen LogP) is 2.21. The molecule has 0 saturated heterocycles. The van der Waals surface area contributed by atoms with Crippen LogP contribution in [0, 0.1) is 0 Å². The second-order valence-electron chi connectivity index (χ2n) is 3.53. The monoisotopic (exact) mass is 199 g/mol. The van der Waals surface area contributed by atoms with E-state index in [9.17, 15) is 0 Å². The third-order valence-electron chi connectivity index (χ3n) is 2.22. The first-order valence-corrected chi connectivity index (χ1v) is 4.81. The Hall–Kier alpha value is -1.90. The quantitative estimate of drug-likeness (QED) is 0.742. The Bertz CT molecular complexity index is 438. The van der Waals surface area contributed by atoms with E-state index in [-0.39, 0.29) is 0 Å². The standard InChI is InChI=1S/C12H13N3/c1-15(2)12-9-11(5-8-14-12)10-3-6-13-7-4-10/h3-9H,1-2H3. The van der Waals surface area contributed by atoms with E-state index in [1.807, 2.05) is 43.4 Å². The molecule has 3 nitrogen and oxygen atoms in total.